The van der Waals surface area contributed by atoms with Crippen LogP contribution in [0.1, 0.15) is 40.5 Å². The van der Waals surface area contributed by atoms with Gasteiger partial charge in [-0.1, -0.05) is 12.5 Å². The number of fused-ring (bicyclic) bond motifs is 1. The molecule has 0 aromatic carbocycles. The first-order valence-corrected chi connectivity index (χ1v) is 6.41. The van der Waals surface area contributed by atoms with E-state index in [9.17, 15) is 5.11 Å². The quantitative estimate of drug-likeness (QED) is 0.775. The number of nitrogens with one attached hydrogen (secondary N) is 1. The van der Waals surface area contributed by atoms with Crippen LogP contribution in [-0.4, -0.2) is 28.8 Å². The van der Waals surface area contributed by atoms with Crippen molar-refractivity contribution in [2.75, 3.05) is 0 Å². The van der Waals surface area contributed by atoms with E-state index in [1.54, 1.807) is 21.3 Å². The van der Waals surface area contributed by atoms with E-state index >= 15 is 0 Å². The third kappa shape index (κ3) is 2.55. The van der Waals surface area contributed by atoms with Gasteiger partial charge in [0.2, 0.25) is 0 Å². The minimum Gasteiger partial charge on any atom is -0.650 e. The molecule has 0 saturated carbocycles. The van der Waals surface area contributed by atoms with E-state index in [4.69, 9.17) is 4.65 Å². The molecule has 1 aliphatic rings. The molecule has 1 aromatic rings. The van der Waals surface area contributed by atoms with Gasteiger partial charge in [-0.25, -0.2) is 0 Å². The number of aromatic amines is 1. The van der Waals surface area contributed by atoms with Crippen LogP contribution in [0.3, 0.4) is 0 Å². The fourth-order valence-corrected chi connectivity index (χ4v) is 1.82. The number of aliphatic hydroxyl groups is 1. The minimum atomic E-state index is -0.883. The summed E-state index contributed by atoms with van der Waals surface area (Å²) in [6.07, 6.45) is 6.15. The summed E-state index contributed by atoms with van der Waals surface area (Å²) in [5.41, 5.74) is -0.310. The van der Waals surface area contributed by atoms with Crippen molar-refractivity contribution < 1.29 is 9.76 Å². The van der Waals surface area contributed by atoms with Gasteiger partial charge in [-0.3, -0.25) is 5.47 Å². The van der Waals surface area contributed by atoms with E-state index in [0.717, 1.165) is 18.2 Å². The monoisotopic (exact) mass is 246 g/mol. The summed E-state index contributed by atoms with van der Waals surface area (Å²) in [5.74, 6) is 0. The minimum absolute atomic E-state index is 0.613. The number of rotatable bonds is 4. The molecular formula is C14H21BNO2-. The lowest BCUT2D eigenvalue weighted by Crippen LogP contribution is -2.48. The number of H-pyrrole nitrogens is 1. The molecule has 98 valence electrons. The Morgan fingerprint density at radius 3 is 2.72 bits per heavy atom. The Hall–Kier alpha value is -0.995. The summed E-state index contributed by atoms with van der Waals surface area (Å²) in [6, 6.07) is 2.07. The number of hydrogen-bond donors (Lipinski definition) is 2. The van der Waals surface area contributed by atoms with Crippen LogP contribution in [0.15, 0.2) is 12.3 Å². The van der Waals surface area contributed by atoms with Crippen LogP contribution in [0, 0.1) is 0 Å². The maximum absolute atomic E-state index is 10.1. The van der Waals surface area contributed by atoms with Crippen LogP contribution in [0.25, 0.3) is 11.5 Å². The van der Waals surface area contributed by atoms with Crippen LogP contribution in [0.5, 0.6) is 0 Å². The molecule has 1 aromatic heterocycles. The molecule has 1 aliphatic carbocycles. The van der Waals surface area contributed by atoms with Gasteiger partial charge in [0.1, 0.15) is 0 Å². The fraction of sp³-hybridized carbons (Fsp3) is 0.571. The molecule has 0 atom stereocenters. The molecular weight excluding hydrogens is 225 g/mol. The molecule has 0 bridgehead atoms. The van der Waals surface area contributed by atoms with Crippen molar-refractivity contribution in [2.24, 2.45) is 0 Å². The predicted molar refractivity (Wildman–Crippen MR) is 74.4 cm³/mol. The summed E-state index contributed by atoms with van der Waals surface area (Å²) in [4.78, 5) is 3.21. The smallest absolute Gasteiger partial charge is 0.0833 e. The van der Waals surface area contributed by atoms with Crippen LogP contribution in [-0.2, 0) is 4.65 Å². The van der Waals surface area contributed by atoms with E-state index in [1.165, 1.54) is 10.7 Å². The van der Waals surface area contributed by atoms with Crippen LogP contribution < -0.4 is 10.6 Å². The van der Waals surface area contributed by atoms with Gasteiger partial charge in [-0.2, -0.15) is 0 Å². The molecule has 18 heavy (non-hydrogen) atoms. The van der Waals surface area contributed by atoms with Gasteiger partial charge in [0.15, 0.2) is 0 Å². The molecule has 2 rings (SSSR count). The van der Waals surface area contributed by atoms with Gasteiger partial charge in [0.05, 0.1) is 5.60 Å². The molecule has 0 unspecified atom stereocenters. The lowest BCUT2D eigenvalue weighted by atomic mass is 9.78. The average molecular weight is 246 g/mol. The van der Waals surface area contributed by atoms with Gasteiger partial charge in [-0.05, 0) is 45.4 Å². The number of aromatic nitrogens is 1. The van der Waals surface area contributed by atoms with Gasteiger partial charge in [0, 0.05) is 17.1 Å². The normalized spacial score (nSPS) is 16.4. The summed E-state index contributed by atoms with van der Waals surface area (Å²) in [5, 5.41) is 12.4. The van der Waals surface area contributed by atoms with Gasteiger partial charge >= 0.3 is 0 Å². The first kappa shape index (κ1) is 13.4. The molecule has 0 amide bonds. The lowest BCUT2D eigenvalue weighted by molar-refractivity contribution is -0.0893. The second-order valence-corrected chi connectivity index (χ2v) is 5.88. The van der Waals surface area contributed by atoms with Crippen molar-refractivity contribution in [3.63, 3.8) is 0 Å². The Morgan fingerprint density at radius 2 is 2.06 bits per heavy atom. The fourth-order valence-electron chi connectivity index (χ4n) is 1.82. The first-order valence-electron chi connectivity index (χ1n) is 6.41. The molecule has 3 nitrogen and oxygen atoms in total. The highest BCUT2D eigenvalue weighted by molar-refractivity contribution is 6.52. The zero-order valence-corrected chi connectivity index (χ0v) is 11.6. The van der Waals surface area contributed by atoms with E-state index in [0.29, 0.717) is 0 Å². The Bertz CT molecular complexity index is 537. The first-order chi connectivity index (χ1) is 8.31. The van der Waals surface area contributed by atoms with Crippen LogP contribution in [0.4, 0.5) is 0 Å². The van der Waals surface area contributed by atoms with Crippen molar-refractivity contribution in [1.29, 1.82) is 0 Å². The summed E-state index contributed by atoms with van der Waals surface area (Å²) >= 11 is 0. The Balaban J connectivity index is 2.18. The van der Waals surface area contributed by atoms with Crippen LogP contribution in [0.2, 0.25) is 0 Å². The molecule has 2 N–H and O–H groups in total. The third-order valence-electron chi connectivity index (χ3n) is 3.86. The van der Waals surface area contributed by atoms with E-state index in [2.05, 4.69) is 17.1 Å². The molecule has 1 heterocycles. The topological polar surface area (TPSA) is 45.2 Å². The maximum Gasteiger partial charge on any atom is 0.0833 e. The van der Waals surface area contributed by atoms with Crippen molar-refractivity contribution in [3.05, 3.63) is 22.8 Å². The summed E-state index contributed by atoms with van der Waals surface area (Å²) in [6.45, 7) is 7.33. The maximum atomic E-state index is 10.1. The molecule has 2 radical (unpaired) electrons. The third-order valence-corrected chi connectivity index (χ3v) is 3.86. The molecule has 0 spiro atoms. The Labute approximate surface area is 109 Å². The molecule has 0 aliphatic heterocycles. The van der Waals surface area contributed by atoms with Crippen molar-refractivity contribution in [3.8, 4) is 0 Å². The average Bonchev–Trinajstić information content (AvgIpc) is 2.73. The van der Waals surface area contributed by atoms with Gasteiger partial charge in [0.25, 0.3) is 0 Å². The summed E-state index contributed by atoms with van der Waals surface area (Å²) < 4.78 is 5.82. The highest BCUT2D eigenvalue weighted by Crippen LogP contribution is 2.25. The van der Waals surface area contributed by atoms with Crippen molar-refractivity contribution in [2.45, 2.75) is 51.7 Å². The standard InChI is InChI=1S/C14H21BNO2/c1-13(2,17)14(3,4)18-15-11-6-5-7-12-10(11)8-9-16-12/h7-9,16-17H,5-6H2,1-4H3/q-1. The molecule has 0 saturated heterocycles. The van der Waals surface area contributed by atoms with E-state index < -0.39 is 11.2 Å². The van der Waals surface area contributed by atoms with Crippen LogP contribution >= 0.6 is 0 Å². The van der Waals surface area contributed by atoms with Crippen molar-refractivity contribution in [1.82, 2.24) is 4.98 Å². The molecule has 0 fully saturated rings. The highest BCUT2D eigenvalue weighted by atomic mass is 16.5. The molecule has 4 heteroatoms. The Morgan fingerprint density at radius 1 is 1.33 bits per heavy atom. The largest absolute Gasteiger partial charge is 0.650 e. The van der Waals surface area contributed by atoms with Gasteiger partial charge in [-0.15, -0.1) is 7.48 Å². The second-order valence-electron chi connectivity index (χ2n) is 5.88. The predicted octanol–water partition coefficient (Wildman–Crippen LogP) is 0.882. The number of hydrogen-bond acceptors (Lipinski definition) is 2. The SMILES string of the molecule is CC(C)(O)C(C)(C)O[B-]C1=c2cc[nH]c2=CCC1. The van der Waals surface area contributed by atoms with E-state index in [1.807, 2.05) is 20.0 Å². The van der Waals surface area contributed by atoms with Crippen molar-refractivity contribution >= 4 is 19.0 Å². The Kier molecular flexibility index (Phi) is 3.43. The lowest BCUT2D eigenvalue weighted by Gasteiger charge is -2.45. The van der Waals surface area contributed by atoms with Gasteiger partial charge < -0.3 is 14.7 Å². The van der Waals surface area contributed by atoms with E-state index in [-0.39, 0.29) is 0 Å². The zero-order chi connectivity index (χ0) is 13.4. The zero-order valence-electron chi connectivity index (χ0n) is 11.6. The summed E-state index contributed by atoms with van der Waals surface area (Å²) in [7, 11) is 1.80. The second kappa shape index (κ2) is 4.59. The highest BCUT2D eigenvalue weighted by Gasteiger charge is 2.31.